The molecule has 2 aliphatic rings. The first-order chi connectivity index (χ1) is 11.8. The molecule has 7 heteroatoms. The van der Waals surface area contributed by atoms with E-state index >= 15 is 0 Å². The van der Waals surface area contributed by atoms with Crippen molar-refractivity contribution in [1.82, 2.24) is 20.8 Å². The summed E-state index contributed by atoms with van der Waals surface area (Å²) in [6.45, 7) is 4.18. The number of nitrogens with zero attached hydrogens (tertiary/aromatic N) is 1. The number of aliphatic hydroxyl groups is 1. The molecule has 0 saturated carbocycles. The van der Waals surface area contributed by atoms with Crippen LogP contribution in [-0.4, -0.2) is 54.3 Å². The van der Waals surface area contributed by atoms with E-state index in [2.05, 4.69) is 20.8 Å². The second-order valence-electron chi connectivity index (χ2n) is 6.25. The SMILES string of the molecule is OC1CNCC1CNCc1cn[nH]c1-c1ccc2c(c1)OCCO2. The summed E-state index contributed by atoms with van der Waals surface area (Å²) in [7, 11) is 0. The minimum atomic E-state index is -0.265. The Morgan fingerprint density at radius 2 is 2.08 bits per heavy atom. The van der Waals surface area contributed by atoms with Gasteiger partial charge in [0.25, 0.3) is 0 Å². The van der Waals surface area contributed by atoms with Gasteiger partial charge in [0.1, 0.15) is 13.2 Å². The molecule has 128 valence electrons. The maximum Gasteiger partial charge on any atom is 0.162 e. The molecular weight excluding hydrogens is 308 g/mol. The number of aromatic nitrogens is 2. The lowest BCUT2D eigenvalue weighted by Crippen LogP contribution is -2.30. The van der Waals surface area contributed by atoms with Crippen LogP contribution in [0.4, 0.5) is 0 Å². The number of hydrogen-bond acceptors (Lipinski definition) is 6. The van der Waals surface area contributed by atoms with Crippen molar-refractivity contribution >= 4 is 0 Å². The van der Waals surface area contributed by atoms with Crippen LogP contribution in [0.3, 0.4) is 0 Å². The minimum absolute atomic E-state index is 0.259. The summed E-state index contributed by atoms with van der Waals surface area (Å²) >= 11 is 0. The van der Waals surface area contributed by atoms with E-state index in [0.717, 1.165) is 41.4 Å². The van der Waals surface area contributed by atoms with Crippen LogP contribution in [0.1, 0.15) is 5.56 Å². The quantitative estimate of drug-likeness (QED) is 0.639. The molecule has 0 radical (unpaired) electrons. The predicted octanol–water partition coefficient (Wildman–Crippen LogP) is 0.518. The molecule has 0 aliphatic carbocycles. The zero-order chi connectivity index (χ0) is 16.4. The van der Waals surface area contributed by atoms with Crippen LogP contribution in [0, 0.1) is 5.92 Å². The van der Waals surface area contributed by atoms with Gasteiger partial charge in [-0.1, -0.05) is 0 Å². The van der Waals surface area contributed by atoms with Crippen molar-refractivity contribution in [3.05, 3.63) is 30.0 Å². The molecule has 3 heterocycles. The molecule has 4 N–H and O–H groups in total. The molecule has 0 spiro atoms. The summed E-state index contributed by atoms with van der Waals surface area (Å²) in [4.78, 5) is 0. The monoisotopic (exact) mass is 330 g/mol. The molecule has 1 saturated heterocycles. The molecule has 1 fully saturated rings. The summed E-state index contributed by atoms with van der Waals surface area (Å²) in [5.41, 5.74) is 3.09. The topological polar surface area (TPSA) is 91.4 Å². The molecule has 1 aromatic carbocycles. The van der Waals surface area contributed by atoms with E-state index in [1.54, 1.807) is 0 Å². The molecule has 0 bridgehead atoms. The maximum absolute atomic E-state index is 9.84. The Balaban J connectivity index is 1.44. The second kappa shape index (κ2) is 6.80. The lowest BCUT2D eigenvalue weighted by atomic mass is 10.1. The van der Waals surface area contributed by atoms with E-state index in [9.17, 15) is 5.11 Å². The Morgan fingerprint density at radius 3 is 2.92 bits per heavy atom. The maximum atomic E-state index is 9.84. The van der Waals surface area contributed by atoms with Crippen molar-refractivity contribution in [3.63, 3.8) is 0 Å². The number of nitrogens with one attached hydrogen (secondary N) is 3. The fourth-order valence-electron chi connectivity index (χ4n) is 3.21. The second-order valence-corrected chi connectivity index (χ2v) is 6.25. The third kappa shape index (κ3) is 3.10. The first-order valence-electron chi connectivity index (χ1n) is 8.33. The van der Waals surface area contributed by atoms with Crippen molar-refractivity contribution in [2.75, 3.05) is 32.8 Å². The number of β-amino-alcohol motifs (C(OH)–C–C–N with tert-alkyl or cyclic N) is 1. The van der Waals surface area contributed by atoms with E-state index in [-0.39, 0.29) is 12.0 Å². The highest BCUT2D eigenvalue weighted by Gasteiger charge is 2.24. The first kappa shape index (κ1) is 15.4. The molecule has 4 rings (SSSR count). The van der Waals surface area contributed by atoms with E-state index in [1.807, 2.05) is 24.4 Å². The number of aliphatic hydroxyl groups excluding tert-OH is 1. The fraction of sp³-hybridized carbons (Fsp3) is 0.471. The lowest BCUT2D eigenvalue weighted by Gasteiger charge is -2.19. The predicted molar refractivity (Wildman–Crippen MR) is 89.1 cm³/mol. The van der Waals surface area contributed by atoms with E-state index in [0.29, 0.717) is 26.3 Å². The third-order valence-electron chi connectivity index (χ3n) is 4.57. The summed E-state index contributed by atoms with van der Waals surface area (Å²) in [6.07, 6.45) is 1.57. The summed E-state index contributed by atoms with van der Waals surface area (Å²) in [6, 6.07) is 5.92. The normalized spacial score (nSPS) is 22.7. The Bertz CT molecular complexity index is 703. The van der Waals surface area contributed by atoms with Crippen LogP contribution in [0.25, 0.3) is 11.3 Å². The van der Waals surface area contributed by atoms with E-state index < -0.39 is 0 Å². The van der Waals surface area contributed by atoms with Crippen LogP contribution in [0.5, 0.6) is 11.5 Å². The molecule has 2 unspecified atom stereocenters. The smallest absolute Gasteiger partial charge is 0.162 e. The van der Waals surface area contributed by atoms with Gasteiger partial charge >= 0.3 is 0 Å². The van der Waals surface area contributed by atoms with Crippen molar-refractivity contribution in [2.45, 2.75) is 12.6 Å². The fourth-order valence-corrected chi connectivity index (χ4v) is 3.21. The van der Waals surface area contributed by atoms with Crippen molar-refractivity contribution in [3.8, 4) is 22.8 Å². The average molecular weight is 330 g/mol. The molecule has 2 atom stereocenters. The van der Waals surface area contributed by atoms with Gasteiger partial charge in [0, 0.05) is 43.2 Å². The number of benzene rings is 1. The van der Waals surface area contributed by atoms with Crippen molar-refractivity contribution < 1.29 is 14.6 Å². The Kier molecular flexibility index (Phi) is 4.38. The third-order valence-corrected chi connectivity index (χ3v) is 4.57. The van der Waals surface area contributed by atoms with Crippen molar-refractivity contribution in [1.29, 1.82) is 0 Å². The minimum Gasteiger partial charge on any atom is -0.486 e. The Morgan fingerprint density at radius 1 is 1.21 bits per heavy atom. The van der Waals surface area contributed by atoms with Gasteiger partial charge in [-0.3, -0.25) is 5.10 Å². The van der Waals surface area contributed by atoms with E-state index in [1.165, 1.54) is 0 Å². The van der Waals surface area contributed by atoms with Crippen LogP contribution in [0.15, 0.2) is 24.4 Å². The van der Waals surface area contributed by atoms with Crippen LogP contribution < -0.4 is 20.1 Å². The van der Waals surface area contributed by atoms with Crippen LogP contribution in [0.2, 0.25) is 0 Å². The zero-order valence-corrected chi connectivity index (χ0v) is 13.4. The summed E-state index contributed by atoms with van der Waals surface area (Å²) in [5, 5.41) is 23.7. The molecule has 0 amide bonds. The number of fused-ring (bicyclic) bond motifs is 1. The molecule has 7 nitrogen and oxygen atoms in total. The summed E-state index contributed by atoms with van der Waals surface area (Å²) in [5.74, 6) is 1.81. The number of rotatable bonds is 5. The van der Waals surface area contributed by atoms with Crippen LogP contribution in [-0.2, 0) is 6.54 Å². The number of ether oxygens (including phenoxy) is 2. The average Bonchev–Trinajstić information content (AvgIpc) is 3.24. The molecule has 2 aromatic rings. The number of H-pyrrole nitrogens is 1. The van der Waals surface area contributed by atoms with Gasteiger partial charge < -0.3 is 25.2 Å². The largest absolute Gasteiger partial charge is 0.486 e. The van der Waals surface area contributed by atoms with Gasteiger partial charge in [0.15, 0.2) is 11.5 Å². The van der Waals surface area contributed by atoms with Crippen LogP contribution >= 0.6 is 0 Å². The number of hydrogen-bond donors (Lipinski definition) is 4. The lowest BCUT2D eigenvalue weighted by molar-refractivity contribution is 0.146. The van der Waals surface area contributed by atoms with Gasteiger partial charge in [-0.05, 0) is 18.2 Å². The standard InChI is InChI=1S/C17H22N4O3/c22-14-10-19-7-12(14)6-18-8-13-9-20-21-17(13)11-1-2-15-16(5-11)24-4-3-23-15/h1-2,5,9,12,14,18-19,22H,3-4,6-8,10H2,(H,20,21). The van der Waals surface area contributed by atoms with Gasteiger partial charge in [-0.25, -0.2) is 0 Å². The van der Waals surface area contributed by atoms with Crippen molar-refractivity contribution in [2.24, 2.45) is 5.92 Å². The summed E-state index contributed by atoms with van der Waals surface area (Å²) < 4.78 is 11.2. The first-order valence-corrected chi connectivity index (χ1v) is 8.33. The molecule has 24 heavy (non-hydrogen) atoms. The Hall–Kier alpha value is -2.09. The molecular formula is C17H22N4O3. The number of aromatic amines is 1. The highest BCUT2D eigenvalue weighted by Crippen LogP contribution is 2.34. The molecule has 2 aliphatic heterocycles. The van der Waals surface area contributed by atoms with Gasteiger partial charge in [-0.15, -0.1) is 0 Å². The van der Waals surface area contributed by atoms with E-state index in [4.69, 9.17) is 9.47 Å². The zero-order valence-electron chi connectivity index (χ0n) is 13.4. The highest BCUT2D eigenvalue weighted by atomic mass is 16.6. The van der Waals surface area contributed by atoms with Gasteiger partial charge in [0.05, 0.1) is 18.0 Å². The molecule has 1 aromatic heterocycles. The van der Waals surface area contributed by atoms with Gasteiger partial charge in [0.2, 0.25) is 0 Å². The Labute approximate surface area is 140 Å². The highest BCUT2D eigenvalue weighted by molar-refractivity contribution is 5.66. The van der Waals surface area contributed by atoms with Gasteiger partial charge in [-0.2, -0.15) is 5.10 Å².